The molecule has 0 radical (unpaired) electrons. The van der Waals surface area contributed by atoms with Crippen LogP contribution in [0.5, 0.6) is 0 Å². The van der Waals surface area contributed by atoms with Crippen molar-refractivity contribution in [1.82, 2.24) is 0 Å². The number of unbranched alkanes of at least 4 members (excludes halogenated alkanes) is 8. The molecular weight excluding hydrogens is 283 g/mol. The molecule has 0 aliphatic carbocycles. The normalized spacial score (nSPS) is 14.5. The average Bonchev–Trinajstić information content (AvgIpc) is 2.43. The highest BCUT2D eigenvalue weighted by Gasteiger charge is 2.01. The van der Waals surface area contributed by atoms with Crippen molar-refractivity contribution in [3.8, 4) is 0 Å². The lowest BCUT2D eigenvalue weighted by Crippen LogP contribution is -2.07. The zero-order chi connectivity index (χ0) is 14.3. The SMILES string of the molecule is O[C@@H](CCl)CCCCCCCCCCC[C@@H](O)CCl. The van der Waals surface area contributed by atoms with E-state index in [1.54, 1.807) is 0 Å². The van der Waals surface area contributed by atoms with Crippen LogP contribution in [0.25, 0.3) is 0 Å². The van der Waals surface area contributed by atoms with Gasteiger partial charge in [0, 0.05) is 11.8 Å². The number of alkyl halides is 2. The van der Waals surface area contributed by atoms with Crippen molar-refractivity contribution >= 4 is 23.2 Å². The van der Waals surface area contributed by atoms with Crippen molar-refractivity contribution in [1.29, 1.82) is 0 Å². The summed E-state index contributed by atoms with van der Waals surface area (Å²) in [7, 11) is 0. The number of hydrogen-bond donors (Lipinski definition) is 2. The van der Waals surface area contributed by atoms with Gasteiger partial charge in [-0.25, -0.2) is 0 Å². The molecule has 0 unspecified atom stereocenters. The van der Waals surface area contributed by atoms with Crippen LogP contribution < -0.4 is 0 Å². The van der Waals surface area contributed by atoms with Gasteiger partial charge in [0.25, 0.3) is 0 Å². The summed E-state index contributed by atoms with van der Waals surface area (Å²) < 4.78 is 0. The van der Waals surface area contributed by atoms with Gasteiger partial charge in [0.2, 0.25) is 0 Å². The van der Waals surface area contributed by atoms with Crippen molar-refractivity contribution < 1.29 is 10.2 Å². The number of aliphatic hydroxyl groups excluding tert-OH is 2. The van der Waals surface area contributed by atoms with Crippen molar-refractivity contribution in [3.05, 3.63) is 0 Å². The fourth-order valence-corrected chi connectivity index (χ4v) is 2.46. The highest BCUT2D eigenvalue weighted by molar-refractivity contribution is 6.18. The molecule has 0 aromatic carbocycles. The van der Waals surface area contributed by atoms with Crippen LogP contribution >= 0.6 is 23.2 Å². The van der Waals surface area contributed by atoms with E-state index in [4.69, 9.17) is 23.2 Å². The summed E-state index contributed by atoms with van der Waals surface area (Å²) in [4.78, 5) is 0. The topological polar surface area (TPSA) is 40.5 Å². The molecule has 0 fully saturated rings. The van der Waals surface area contributed by atoms with Crippen LogP contribution in [-0.2, 0) is 0 Å². The van der Waals surface area contributed by atoms with Gasteiger partial charge < -0.3 is 10.2 Å². The first kappa shape index (κ1) is 19.5. The van der Waals surface area contributed by atoms with E-state index in [0.717, 1.165) is 25.7 Å². The van der Waals surface area contributed by atoms with Crippen LogP contribution in [0.15, 0.2) is 0 Å². The highest BCUT2D eigenvalue weighted by Crippen LogP contribution is 2.13. The maximum absolute atomic E-state index is 9.28. The number of aliphatic hydroxyl groups is 2. The van der Waals surface area contributed by atoms with E-state index in [9.17, 15) is 10.2 Å². The zero-order valence-corrected chi connectivity index (χ0v) is 13.5. The first-order chi connectivity index (χ1) is 9.20. The Bertz CT molecular complexity index is 162. The number of halogens is 2. The molecule has 0 saturated carbocycles. The molecule has 0 aromatic rings. The first-order valence-electron chi connectivity index (χ1n) is 7.68. The molecule has 19 heavy (non-hydrogen) atoms. The molecule has 0 heterocycles. The van der Waals surface area contributed by atoms with Gasteiger partial charge in [0.1, 0.15) is 0 Å². The second kappa shape index (κ2) is 14.9. The van der Waals surface area contributed by atoms with Gasteiger partial charge in [0.15, 0.2) is 0 Å². The van der Waals surface area contributed by atoms with E-state index >= 15 is 0 Å². The fourth-order valence-electron chi connectivity index (χ4n) is 2.15. The molecule has 0 bridgehead atoms. The van der Waals surface area contributed by atoms with E-state index in [0.29, 0.717) is 11.8 Å². The molecule has 2 atom stereocenters. The average molecular weight is 313 g/mol. The van der Waals surface area contributed by atoms with E-state index in [1.807, 2.05) is 0 Å². The van der Waals surface area contributed by atoms with Gasteiger partial charge in [-0.15, -0.1) is 23.2 Å². The lowest BCUT2D eigenvalue weighted by atomic mass is 10.0. The van der Waals surface area contributed by atoms with Crippen LogP contribution in [0.3, 0.4) is 0 Å². The molecule has 116 valence electrons. The zero-order valence-electron chi connectivity index (χ0n) is 12.0. The fraction of sp³-hybridized carbons (Fsp3) is 1.00. The molecule has 0 spiro atoms. The Morgan fingerprint density at radius 3 is 1.05 bits per heavy atom. The molecule has 2 N–H and O–H groups in total. The minimum absolute atomic E-state index is 0.315. The third-order valence-electron chi connectivity index (χ3n) is 3.43. The van der Waals surface area contributed by atoms with Gasteiger partial charge in [-0.3, -0.25) is 0 Å². The monoisotopic (exact) mass is 312 g/mol. The molecule has 4 heteroatoms. The second-order valence-electron chi connectivity index (χ2n) is 5.38. The summed E-state index contributed by atoms with van der Waals surface area (Å²) in [5.74, 6) is 0.719. The molecule has 0 aromatic heterocycles. The Kier molecular flexibility index (Phi) is 15.3. The Balaban J connectivity index is 3.03. The molecule has 0 aliphatic rings. The second-order valence-corrected chi connectivity index (χ2v) is 5.99. The summed E-state index contributed by atoms with van der Waals surface area (Å²) in [5.41, 5.74) is 0. The van der Waals surface area contributed by atoms with E-state index in [-0.39, 0.29) is 12.2 Å². The van der Waals surface area contributed by atoms with E-state index in [2.05, 4.69) is 0 Å². The van der Waals surface area contributed by atoms with E-state index in [1.165, 1.54) is 44.9 Å². The van der Waals surface area contributed by atoms with Crippen LogP contribution in [-0.4, -0.2) is 34.2 Å². The molecule has 0 rings (SSSR count). The minimum Gasteiger partial charge on any atom is -0.392 e. The highest BCUT2D eigenvalue weighted by atomic mass is 35.5. The summed E-state index contributed by atoms with van der Waals surface area (Å²) >= 11 is 11.1. The maximum Gasteiger partial charge on any atom is 0.0675 e. The summed E-state index contributed by atoms with van der Waals surface area (Å²) in [6.07, 6.45) is 12.0. The standard InChI is InChI=1S/C15H30Cl2O2/c16-12-14(18)10-8-6-4-2-1-3-5-7-9-11-15(19)13-17/h14-15,18-19H,1-13H2/t14-,15-/m1/s1. The summed E-state index contributed by atoms with van der Waals surface area (Å²) in [5, 5.41) is 18.6. The predicted molar refractivity (Wildman–Crippen MR) is 84.2 cm³/mol. The van der Waals surface area contributed by atoms with Gasteiger partial charge in [-0.05, 0) is 12.8 Å². The van der Waals surface area contributed by atoms with Crippen molar-refractivity contribution in [3.63, 3.8) is 0 Å². The Morgan fingerprint density at radius 2 is 0.789 bits per heavy atom. The van der Waals surface area contributed by atoms with Gasteiger partial charge >= 0.3 is 0 Å². The lowest BCUT2D eigenvalue weighted by Gasteiger charge is -2.07. The summed E-state index contributed by atoms with van der Waals surface area (Å²) in [6, 6.07) is 0. The van der Waals surface area contributed by atoms with Crippen LogP contribution in [0.4, 0.5) is 0 Å². The lowest BCUT2D eigenvalue weighted by molar-refractivity contribution is 0.183. The van der Waals surface area contributed by atoms with Crippen molar-refractivity contribution in [2.75, 3.05) is 11.8 Å². The number of rotatable bonds is 14. The van der Waals surface area contributed by atoms with Crippen LogP contribution in [0.1, 0.15) is 70.6 Å². The van der Waals surface area contributed by atoms with Gasteiger partial charge in [-0.2, -0.15) is 0 Å². The van der Waals surface area contributed by atoms with Crippen LogP contribution in [0, 0.1) is 0 Å². The van der Waals surface area contributed by atoms with Crippen molar-refractivity contribution in [2.24, 2.45) is 0 Å². The molecular formula is C15H30Cl2O2. The summed E-state index contributed by atoms with van der Waals surface area (Å²) in [6.45, 7) is 0. The van der Waals surface area contributed by atoms with Gasteiger partial charge in [-0.1, -0.05) is 57.8 Å². The molecule has 2 nitrogen and oxygen atoms in total. The Labute approximate surface area is 128 Å². The van der Waals surface area contributed by atoms with Crippen LogP contribution in [0.2, 0.25) is 0 Å². The van der Waals surface area contributed by atoms with Gasteiger partial charge in [0.05, 0.1) is 12.2 Å². The van der Waals surface area contributed by atoms with Crippen molar-refractivity contribution in [2.45, 2.75) is 82.8 Å². The maximum atomic E-state index is 9.28. The Hall–Kier alpha value is 0.500. The Morgan fingerprint density at radius 1 is 0.526 bits per heavy atom. The number of hydrogen-bond acceptors (Lipinski definition) is 2. The molecule has 0 aliphatic heterocycles. The minimum atomic E-state index is -0.315. The first-order valence-corrected chi connectivity index (χ1v) is 8.75. The van der Waals surface area contributed by atoms with E-state index < -0.39 is 0 Å². The predicted octanol–water partition coefficient (Wildman–Crippen LogP) is 4.48. The third kappa shape index (κ3) is 14.7. The quantitative estimate of drug-likeness (QED) is 0.367. The molecule has 0 saturated heterocycles. The third-order valence-corrected chi connectivity index (χ3v) is 4.14. The largest absolute Gasteiger partial charge is 0.392 e. The smallest absolute Gasteiger partial charge is 0.0675 e. The molecule has 0 amide bonds.